The van der Waals surface area contributed by atoms with Gasteiger partial charge in [0.15, 0.2) is 0 Å². The highest BCUT2D eigenvalue weighted by atomic mass is 79.9. The number of benzene rings is 1. The Hall–Kier alpha value is -0.000000000000000167. The minimum Gasteiger partial charge on any atom is -0.492 e. The topological polar surface area (TPSA) is 27.7 Å². The van der Waals surface area contributed by atoms with Crippen molar-refractivity contribution in [3.8, 4) is 5.75 Å². The van der Waals surface area contributed by atoms with Crippen LogP contribution < -0.4 is 4.74 Å². The Labute approximate surface area is 131 Å². The van der Waals surface area contributed by atoms with Gasteiger partial charge in [0.2, 0.25) is 0 Å². The first-order valence-electron chi connectivity index (χ1n) is 6.08. The highest BCUT2D eigenvalue weighted by Gasteiger charge is 2.27. The summed E-state index contributed by atoms with van der Waals surface area (Å²) in [4.78, 5) is -0.0616. The Morgan fingerprint density at radius 2 is 2.16 bits per heavy atom. The molecule has 0 amide bonds. The van der Waals surface area contributed by atoms with Crippen LogP contribution >= 0.6 is 39.1 Å². The molecule has 1 aromatic carbocycles. The quantitative estimate of drug-likeness (QED) is 0.742. The summed E-state index contributed by atoms with van der Waals surface area (Å²) in [5.41, 5.74) is 0.880. The van der Waals surface area contributed by atoms with Crippen LogP contribution in [0.15, 0.2) is 12.1 Å². The first-order chi connectivity index (χ1) is 9.13. The molecule has 2 unspecified atom stereocenters. The fourth-order valence-electron chi connectivity index (χ4n) is 1.90. The Kier molecular flexibility index (Phi) is 5.78. The van der Waals surface area contributed by atoms with E-state index in [-0.39, 0.29) is 10.9 Å². The molecule has 1 aliphatic heterocycles. The maximum absolute atomic E-state index is 6.29. The van der Waals surface area contributed by atoms with E-state index in [9.17, 15) is 0 Å². The largest absolute Gasteiger partial charge is 0.492 e. The fourth-order valence-corrected chi connectivity index (χ4v) is 3.21. The van der Waals surface area contributed by atoms with E-state index in [4.69, 9.17) is 37.4 Å². The monoisotopic (exact) mass is 368 g/mol. The first kappa shape index (κ1) is 15.4. The van der Waals surface area contributed by atoms with E-state index >= 15 is 0 Å². The van der Waals surface area contributed by atoms with Gasteiger partial charge < -0.3 is 14.2 Å². The average Bonchev–Trinajstić information content (AvgIpc) is 2.43. The summed E-state index contributed by atoms with van der Waals surface area (Å²) in [5.74, 6) is 0.596. The summed E-state index contributed by atoms with van der Waals surface area (Å²) < 4.78 is 16.5. The molecular formula is C13H15BrCl2O3. The molecule has 1 aliphatic rings. The zero-order valence-corrected chi connectivity index (χ0v) is 13.6. The lowest BCUT2D eigenvalue weighted by molar-refractivity contribution is -0.0876. The molecule has 0 bridgehead atoms. The van der Waals surface area contributed by atoms with Crippen molar-refractivity contribution in [3.05, 3.63) is 27.7 Å². The molecule has 1 saturated heterocycles. The van der Waals surface area contributed by atoms with Gasteiger partial charge in [-0.05, 0) is 18.6 Å². The fraction of sp³-hybridized carbons (Fsp3) is 0.538. The van der Waals surface area contributed by atoms with Crippen LogP contribution in [0.5, 0.6) is 5.75 Å². The van der Waals surface area contributed by atoms with Gasteiger partial charge >= 0.3 is 0 Å². The van der Waals surface area contributed by atoms with Crippen molar-refractivity contribution in [2.45, 2.75) is 17.9 Å². The molecule has 1 heterocycles. The second kappa shape index (κ2) is 7.14. The molecule has 19 heavy (non-hydrogen) atoms. The van der Waals surface area contributed by atoms with Crippen LogP contribution in [0.25, 0.3) is 0 Å². The second-order valence-corrected chi connectivity index (χ2v) is 5.92. The van der Waals surface area contributed by atoms with Crippen molar-refractivity contribution in [3.63, 3.8) is 0 Å². The molecule has 6 heteroatoms. The number of alkyl halides is 1. The van der Waals surface area contributed by atoms with Crippen LogP contribution in [0.4, 0.5) is 0 Å². The molecule has 3 nitrogen and oxygen atoms in total. The molecule has 0 radical (unpaired) electrons. The van der Waals surface area contributed by atoms with E-state index < -0.39 is 0 Å². The van der Waals surface area contributed by atoms with Crippen LogP contribution in [0.1, 0.15) is 17.3 Å². The van der Waals surface area contributed by atoms with Gasteiger partial charge in [-0.1, -0.05) is 39.1 Å². The van der Waals surface area contributed by atoms with E-state index in [1.165, 1.54) is 0 Å². The number of hydrogen-bond acceptors (Lipinski definition) is 3. The van der Waals surface area contributed by atoms with Crippen LogP contribution in [0, 0.1) is 0 Å². The van der Waals surface area contributed by atoms with Crippen LogP contribution in [0.3, 0.4) is 0 Å². The van der Waals surface area contributed by atoms with Gasteiger partial charge in [-0.2, -0.15) is 0 Å². The lowest BCUT2D eigenvalue weighted by Gasteiger charge is -2.28. The Morgan fingerprint density at radius 1 is 1.37 bits per heavy atom. The highest BCUT2D eigenvalue weighted by molar-refractivity contribution is 9.09. The highest BCUT2D eigenvalue weighted by Crippen LogP contribution is 2.39. The molecule has 0 spiro atoms. The van der Waals surface area contributed by atoms with E-state index in [0.29, 0.717) is 42.2 Å². The molecule has 0 N–H and O–H groups in total. The van der Waals surface area contributed by atoms with E-state index in [1.807, 2.05) is 13.0 Å². The predicted octanol–water partition coefficient (Wildman–Crippen LogP) is 4.24. The third-order valence-corrected chi connectivity index (χ3v) is 4.52. The molecule has 2 rings (SSSR count). The smallest absolute Gasteiger partial charge is 0.139 e. The van der Waals surface area contributed by atoms with Crippen molar-refractivity contribution in [1.29, 1.82) is 0 Å². The Morgan fingerprint density at radius 3 is 2.79 bits per heavy atom. The summed E-state index contributed by atoms with van der Waals surface area (Å²) >= 11 is 16.1. The van der Waals surface area contributed by atoms with Gasteiger partial charge in [0.05, 0.1) is 42.4 Å². The SMILES string of the molecule is CCOc1cc(Cl)c(C(Br)C2COCCO2)cc1Cl. The zero-order valence-electron chi connectivity index (χ0n) is 10.5. The number of hydrogen-bond donors (Lipinski definition) is 0. The molecule has 0 aliphatic carbocycles. The molecule has 106 valence electrons. The predicted molar refractivity (Wildman–Crippen MR) is 79.9 cm³/mol. The molecule has 0 saturated carbocycles. The summed E-state index contributed by atoms with van der Waals surface area (Å²) in [7, 11) is 0. The zero-order chi connectivity index (χ0) is 13.8. The molecule has 1 fully saturated rings. The first-order valence-corrected chi connectivity index (χ1v) is 7.75. The number of halogens is 3. The van der Waals surface area contributed by atoms with Crippen molar-refractivity contribution in [1.82, 2.24) is 0 Å². The van der Waals surface area contributed by atoms with Crippen molar-refractivity contribution < 1.29 is 14.2 Å². The molecule has 1 aromatic rings. The minimum atomic E-state index is -0.0692. The van der Waals surface area contributed by atoms with E-state index in [1.54, 1.807) is 6.07 Å². The van der Waals surface area contributed by atoms with Crippen LogP contribution in [-0.4, -0.2) is 32.5 Å². The second-order valence-electron chi connectivity index (χ2n) is 4.12. The Balaban J connectivity index is 2.21. The van der Waals surface area contributed by atoms with Gasteiger partial charge in [0.1, 0.15) is 5.75 Å². The van der Waals surface area contributed by atoms with Crippen molar-refractivity contribution in [2.24, 2.45) is 0 Å². The summed E-state index contributed by atoms with van der Waals surface area (Å²) in [6, 6.07) is 3.55. The van der Waals surface area contributed by atoms with Crippen molar-refractivity contribution in [2.75, 3.05) is 26.4 Å². The van der Waals surface area contributed by atoms with Gasteiger partial charge in [-0.25, -0.2) is 0 Å². The summed E-state index contributed by atoms with van der Waals surface area (Å²) in [6.07, 6.45) is -0.0692. The maximum Gasteiger partial charge on any atom is 0.139 e. The normalized spacial score (nSPS) is 21.2. The van der Waals surface area contributed by atoms with Gasteiger partial charge in [0.25, 0.3) is 0 Å². The van der Waals surface area contributed by atoms with E-state index in [0.717, 1.165) is 5.56 Å². The van der Waals surface area contributed by atoms with Crippen LogP contribution in [-0.2, 0) is 9.47 Å². The minimum absolute atomic E-state index is 0.0616. The standard InChI is InChI=1S/C13H15BrCl2O3/c1-2-18-11-6-9(15)8(5-10(11)16)13(14)12-7-17-3-4-19-12/h5-6,12-13H,2-4,7H2,1H3. The van der Waals surface area contributed by atoms with Gasteiger partial charge in [-0.3, -0.25) is 0 Å². The van der Waals surface area contributed by atoms with Crippen molar-refractivity contribution >= 4 is 39.1 Å². The summed E-state index contributed by atoms with van der Waals surface area (Å²) in [6.45, 7) is 4.21. The number of rotatable bonds is 4. The van der Waals surface area contributed by atoms with Gasteiger partial charge in [0, 0.05) is 11.1 Å². The third-order valence-electron chi connectivity index (χ3n) is 2.82. The lowest BCUT2D eigenvalue weighted by atomic mass is 10.1. The lowest BCUT2D eigenvalue weighted by Crippen LogP contribution is -2.31. The number of ether oxygens (including phenoxy) is 3. The van der Waals surface area contributed by atoms with E-state index in [2.05, 4.69) is 15.9 Å². The molecular weight excluding hydrogens is 355 g/mol. The van der Waals surface area contributed by atoms with Gasteiger partial charge in [-0.15, -0.1) is 0 Å². The molecule has 2 atom stereocenters. The molecule has 0 aromatic heterocycles. The maximum atomic E-state index is 6.29. The third kappa shape index (κ3) is 3.76. The van der Waals surface area contributed by atoms with Crippen LogP contribution in [0.2, 0.25) is 10.0 Å². The Bertz CT molecular complexity index is 436. The summed E-state index contributed by atoms with van der Waals surface area (Å²) in [5, 5.41) is 1.14. The average molecular weight is 370 g/mol.